The second-order valence-corrected chi connectivity index (χ2v) is 7.88. The highest BCUT2D eigenvalue weighted by Crippen LogP contribution is 2.41. The lowest BCUT2D eigenvalue weighted by molar-refractivity contribution is -0.115. The van der Waals surface area contributed by atoms with Gasteiger partial charge in [-0.2, -0.15) is 0 Å². The average molecular weight is 430 g/mol. The lowest BCUT2D eigenvalue weighted by Gasteiger charge is -2.19. The van der Waals surface area contributed by atoms with Crippen molar-refractivity contribution >= 4 is 23.2 Å². The van der Waals surface area contributed by atoms with Gasteiger partial charge in [-0.05, 0) is 60.7 Å². The standard InChI is InChI=1S/C26H27N3O3/c1-32-21-15-13-19(14-16-21)25(18-11-12-18)27-17-24(30)29-23-10-6-5-9-22(23)26(31)28-20-7-3-2-4-8-20/h2-10,13-16,18,25,27H,11-12,17H2,1H3,(H,28,31)(H,29,30). The Labute approximate surface area is 188 Å². The van der Waals surface area contributed by atoms with Gasteiger partial charge in [0.1, 0.15) is 5.75 Å². The Hall–Kier alpha value is -3.64. The summed E-state index contributed by atoms with van der Waals surface area (Å²) < 4.78 is 5.24. The van der Waals surface area contributed by atoms with Crippen LogP contribution in [-0.2, 0) is 4.79 Å². The third-order valence-corrected chi connectivity index (χ3v) is 5.53. The van der Waals surface area contributed by atoms with Crippen molar-refractivity contribution in [3.8, 4) is 5.75 Å². The highest BCUT2D eigenvalue weighted by molar-refractivity contribution is 6.10. The molecule has 0 heterocycles. The van der Waals surface area contributed by atoms with Gasteiger partial charge in [0.15, 0.2) is 0 Å². The van der Waals surface area contributed by atoms with Crippen molar-refractivity contribution in [3.63, 3.8) is 0 Å². The summed E-state index contributed by atoms with van der Waals surface area (Å²) >= 11 is 0. The molecule has 32 heavy (non-hydrogen) atoms. The summed E-state index contributed by atoms with van der Waals surface area (Å²) in [5, 5.41) is 9.13. The second kappa shape index (κ2) is 10.1. The lowest BCUT2D eigenvalue weighted by atomic mass is 10.0. The number of hydrogen-bond acceptors (Lipinski definition) is 4. The van der Waals surface area contributed by atoms with E-state index in [2.05, 4.69) is 16.0 Å². The fourth-order valence-corrected chi connectivity index (χ4v) is 3.70. The first-order chi connectivity index (χ1) is 15.6. The molecule has 0 radical (unpaired) electrons. The molecule has 1 unspecified atom stereocenters. The van der Waals surface area contributed by atoms with Crippen LogP contribution in [0.3, 0.4) is 0 Å². The van der Waals surface area contributed by atoms with Gasteiger partial charge in [-0.25, -0.2) is 0 Å². The number of ether oxygens (including phenoxy) is 1. The highest BCUT2D eigenvalue weighted by atomic mass is 16.5. The summed E-state index contributed by atoms with van der Waals surface area (Å²) in [7, 11) is 1.65. The van der Waals surface area contributed by atoms with Crippen molar-refractivity contribution in [1.29, 1.82) is 0 Å². The highest BCUT2D eigenvalue weighted by Gasteiger charge is 2.32. The third kappa shape index (κ3) is 5.53. The van der Waals surface area contributed by atoms with Crippen molar-refractivity contribution in [2.24, 2.45) is 5.92 Å². The first kappa shape index (κ1) is 21.6. The van der Waals surface area contributed by atoms with Crippen LogP contribution in [0.2, 0.25) is 0 Å². The van der Waals surface area contributed by atoms with E-state index in [1.54, 1.807) is 31.4 Å². The lowest BCUT2D eigenvalue weighted by Crippen LogP contribution is -2.32. The van der Waals surface area contributed by atoms with Gasteiger partial charge < -0.3 is 20.7 Å². The molecule has 1 aliphatic carbocycles. The molecule has 3 aromatic rings. The van der Waals surface area contributed by atoms with Crippen LogP contribution in [0.15, 0.2) is 78.9 Å². The number of amides is 2. The molecule has 6 nitrogen and oxygen atoms in total. The van der Waals surface area contributed by atoms with Gasteiger partial charge in [0.05, 0.1) is 24.9 Å². The predicted octanol–water partition coefficient (Wildman–Crippen LogP) is 4.63. The van der Waals surface area contributed by atoms with Crippen LogP contribution in [0.4, 0.5) is 11.4 Å². The van der Waals surface area contributed by atoms with E-state index in [0.29, 0.717) is 22.9 Å². The number of methoxy groups -OCH3 is 1. The third-order valence-electron chi connectivity index (χ3n) is 5.53. The van der Waals surface area contributed by atoms with Crippen molar-refractivity contribution in [2.45, 2.75) is 18.9 Å². The van der Waals surface area contributed by atoms with E-state index in [9.17, 15) is 9.59 Å². The number of carbonyl (C=O) groups is 2. The first-order valence-corrected chi connectivity index (χ1v) is 10.8. The van der Waals surface area contributed by atoms with Gasteiger partial charge in [-0.15, -0.1) is 0 Å². The Morgan fingerprint density at radius 2 is 1.59 bits per heavy atom. The molecule has 0 bridgehead atoms. The fourth-order valence-electron chi connectivity index (χ4n) is 3.70. The largest absolute Gasteiger partial charge is 0.497 e. The van der Waals surface area contributed by atoms with Gasteiger partial charge in [-0.1, -0.05) is 42.5 Å². The smallest absolute Gasteiger partial charge is 0.257 e. The number of nitrogens with one attached hydrogen (secondary N) is 3. The minimum absolute atomic E-state index is 0.114. The number of carbonyl (C=O) groups excluding carboxylic acids is 2. The minimum Gasteiger partial charge on any atom is -0.497 e. The van der Waals surface area contributed by atoms with E-state index in [0.717, 1.165) is 24.2 Å². The quantitative estimate of drug-likeness (QED) is 0.463. The number of para-hydroxylation sites is 2. The molecule has 1 atom stereocenters. The summed E-state index contributed by atoms with van der Waals surface area (Å²) in [5.41, 5.74) is 2.74. The zero-order valence-electron chi connectivity index (χ0n) is 18.0. The zero-order chi connectivity index (χ0) is 22.3. The molecular formula is C26H27N3O3. The van der Waals surface area contributed by atoms with E-state index in [4.69, 9.17) is 4.74 Å². The SMILES string of the molecule is COc1ccc(C(NCC(=O)Nc2ccccc2C(=O)Nc2ccccc2)C2CC2)cc1. The molecule has 0 saturated heterocycles. The number of benzene rings is 3. The first-order valence-electron chi connectivity index (χ1n) is 10.8. The molecule has 2 amide bonds. The van der Waals surface area contributed by atoms with Crippen LogP contribution in [0.25, 0.3) is 0 Å². The van der Waals surface area contributed by atoms with Crippen LogP contribution in [0, 0.1) is 5.92 Å². The van der Waals surface area contributed by atoms with Gasteiger partial charge in [0.25, 0.3) is 5.91 Å². The summed E-state index contributed by atoms with van der Waals surface area (Å²) in [6, 6.07) is 24.3. The van der Waals surface area contributed by atoms with Crippen LogP contribution in [-0.4, -0.2) is 25.5 Å². The Morgan fingerprint density at radius 1 is 0.906 bits per heavy atom. The molecule has 6 heteroatoms. The van der Waals surface area contributed by atoms with Gasteiger partial charge in [0.2, 0.25) is 5.91 Å². The minimum atomic E-state index is -0.269. The summed E-state index contributed by atoms with van der Waals surface area (Å²) in [5.74, 6) is 0.879. The normalized spacial score (nSPS) is 13.8. The summed E-state index contributed by atoms with van der Waals surface area (Å²) in [4.78, 5) is 25.4. The van der Waals surface area contributed by atoms with Gasteiger partial charge >= 0.3 is 0 Å². The molecule has 0 spiro atoms. The molecule has 0 aromatic heterocycles. The Bertz CT molecular complexity index is 1060. The van der Waals surface area contributed by atoms with Crippen LogP contribution in [0.1, 0.15) is 34.8 Å². The Kier molecular flexibility index (Phi) is 6.82. The maximum Gasteiger partial charge on any atom is 0.257 e. The predicted molar refractivity (Wildman–Crippen MR) is 126 cm³/mol. The fraction of sp³-hybridized carbons (Fsp3) is 0.231. The van der Waals surface area contributed by atoms with E-state index in [1.807, 2.05) is 54.6 Å². The van der Waals surface area contributed by atoms with Gasteiger partial charge in [0, 0.05) is 11.7 Å². The topological polar surface area (TPSA) is 79.5 Å². The van der Waals surface area contributed by atoms with E-state index >= 15 is 0 Å². The van der Waals surface area contributed by atoms with Crippen LogP contribution < -0.4 is 20.7 Å². The van der Waals surface area contributed by atoms with Crippen molar-refractivity contribution in [1.82, 2.24) is 5.32 Å². The van der Waals surface area contributed by atoms with Crippen LogP contribution in [0.5, 0.6) is 5.75 Å². The molecule has 1 fully saturated rings. The number of rotatable bonds is 9. The molecular weight excluding hydrogens is 402 g/mol. The Morgan fingerprint density at radius 3 is 2.28 bits per heavy atom. The maximum absolute atomic E-state index is 12.7. The average Bonchev–Trinajstić information content (AvgIpc) is 3.66. The summed E-state index contributed by atoms with van der Waals surface area (Å²) in [6.45, 7) is 0.155. The second-order valence-electron chi connectivity index (χ2n) is 7.88. The maximum atomic E-state index is 12.7. The molecule has 164 valence electrons. The zero-order valence-corrected chi connectivity index (χ0v) is 18.0. The number of anilines is 2. The van der Waals surface area contributed by atoms with E-state index in [1.165, 1.54) is 0 Å². The molecule has 1 saturated carbocycles. The molecule has 0 aliphatic heterocycles. The number of hydrogen-bond donors (Lipinski definition) is 3. The van der Waals surface area contributed by atoms with Crippen LogP contribution >= 0.6 is 0 Å². The molecule has 4 rings (SSSR count). The Balaban J connectivity index is 1.39. The van der Waals surface area contributed by atoms with Crippen molar-refractivity contribution in [3.05, 3.63) is 90.0 Å². The van der Waals surface area contributed by atoms with E-state index < -0.39 is 0 Å². The van der Waals surface area contributed by atoms with Gasteiger partial charge in [-0.3, -0.25) is 9.59 Å². The summed E-state index contributed by atoms with van der Waals surface area (Å²) in [6.07, 6.45) is 2.29. The van der Waals surface area contributed by atoms with Crippen molar-refractivity contribution in [2.75, 3.05) is 24.3 Å². The molecule has 3 aromatic carbocycles. The molecule has 3 N–H and O–H groups in total. The molecule has 1 aliphatic rings. The monoisotopic (exact) mass is 429 g/mol. The van der Waals surface area contributed by atoms with Crippen molar-refractivity contribution < 1.29 is 14.3 Å². The van der Waals surface area contributed by atoms with E-state index in [-0.39, 0.29) is 24.4 Å².